The summed E-state index contributed by atoms with van der Waals surface area (Å²) in [5, 5.41) is 3.65. The first-order valence-electron chi connectivity index (χ1n) is 9.66. The lowest BCUT2D eigenvalue weighted by atomic mass is 9.97. The third-order valence-electron chi connectivity index (χ3n) is 4.96. The Balaban J connectivity index is 1.49. The van der Waals surface area contributed by atoms with E-state index in [2.05, 4.69) is 15.3 Å². The summed E-state index contributed by atoms with van der Waals surface area (Å²) in [6.45, 7) is 0. The molecule has 1 aromatic heterocycles. The number of rotatable bonds is 7. The lowest BCUT2D eigenvalue weighted by Crippen LogP contribution is -2.29. The molecule has 0 aliphatic heterocycles. The van der Waals surface area contributed by atoms with Crippen molar-refractivity contribution in [3.8, 4) is 0 Å². The van der Waals surface area contributed by atoms with Crippen molar-refractivity contribution in [2.45, 2.75) is 18.9 Å². The molecule has 1 unspecified atom stereocenters. The molecule has 5 nitrogen and oxygen atoms in total. The number of carbonyl (C=O) groups is 2. The van der Waals surface area contributed by atoms with Gasteiger partial charge in [0.05, 0.1) is 23.4 Å². The third kappa shape index (κ3) is 4.58. The molecule has 0 fully saturated rings. The highest BCUT2D eigenvalue weighted by Gasteiger charge is 2.18. The van der Waals surface area contributed by atoms with E-state index in [0.29, 0.717) is 10.6 Å². The molecule has 0 spiro atoms. The molecule has 150 valence electrons. The van der Waals surface area contributed by atoms with Gasteiger partial charge >= 0.3 is 0 Å². The molecule has 6 heteroatoms. The van der Waals surface area contributed by atoms with Gasteiger partial charge in [0.25, 0.3) is 0 Å². The molecule has 0 saturated carbocycles. The number of H-pyrrole nitrogens is 1. The fourth-order valence-electron chi connectivity index (χ4n) is 3.38. The van der Waals surface area contributed by atoms with Crippen LogP contribution in [0.25, 0.3) is 11.0 Å². The molecule has 1 amide bonds. The van der Waals surface area contributed by atoms with Gasteiger partial charge in [-0.1, -0.05) is 48.0 Å². The molecule has 1 atom stereocenters. The summed E-state index contributed by atoms with van der Waals surface area (Å²) in [6, 6.07) is 22.0. The van der Waals surface area contributed by atoms with Crippen molar-refractivity contribution in [1.82, 2.24) is 15.3 Å². The van der Waals surface area contributed by atoms with Gasteiger partial charge < -0.3 is 10.3 Å². The summed E-state index contributed by atoms with van der Waals surface area (Å²) in [5.41, 5.74) is 4.23. The van der Waals surface area contributed by atoms with Gasteiger partial charge in [-0.25, -0.2) is 4.98 Å². The van der Waals surface area contributed by atoms with E-state index in [0.717, 1.165) is 22.2 Å². The zero-order valence-electron chi connectivity index (χ0n) is 16.1. The monoisotopic (exact) mass is 417 g/mol. The predicted octanol–water partition coefficient (Wildman–Crippen LogP) is 5.09. The predicted molar refractivity (Wildman–Crippen MR) is 118 cm³/mol. The van der Waals surface area contributed by atoms with Crippen molar-refractivity contribution in [2.75, 3.05) is 0 Å². The topological polar surface area (TPSA) is 74.8 Å². The summed E-state index contributed by atoms with van der Waals surface area (Å²) in [7, 11) is 0. The van der Waals surface area contributed by atoms with E-state index in [9.17, 15) is 9.59 Å². The summed E-state index contributed by atoms with van der Waals surface area (Å²) in [6.07, 6.45) is 1.89. The van der Waals surface area contributed by atoms with E-state index in [1.54, 1.807) is 30.6 Å². The molecular formula is C24H20ClN3O2. The SMILES string of the molecule is O=C(CCC(=O)c1ccc(Cl)cc1)NC(c1ccccc1)c1ccc2nc[nH]c2c1. The number of halogens is 1. The Labute approximate surface area is 179 Å². The molecule has 3 aromatic carbocycles. The average molecular weight is 418 g/mol. The maximum Gasteiger partial charge on any atom is 0.221 e. The first-order chi connectivity index (χ1) is 14.6. The van der Waals surface area contributed by atoms with E-state index in [1.807, 2.05) is 48.5 Å². The fourth-order valence-corrected chi connectivity index (χ4v) is 3.50. The van der Waals surface area contributed by atoms with E-state index >= 15 is 0 Å². The van der Waals surface area contributed by atoms with Gasteiger partial charge in [-0.3, -0.25) is 9.59 Å². The standard InChI is InChI=1S/C24H20ClN3O2/c25-19-9-6-16(7-10-19)22(29)12-13-23(30)28-24(17-4-2-1-3-5-17)18-8-11-20-21(14-18)27-15-26-20/h1-11,14-15,24H,12-13H2,(H,26,27)(H,28,30). The Bertz CT molecular complexity index is 1170. The third-order valence-corrected chi connectivity index (χ3v) is 5.21. The van der Waals surface area contributed by atoms with Gasteiger partial charge in [-0.2, -0.15) is 0 Å². The van der Waals surface area contributed by atoms with Crippen LogP contribution in [-0.2, 0) is 4.79 Å². The Morgan fingerprint density at radius 3 is 2.47 bits per heavy atom. The number of fused-ring (bicyclic) bond motifs is 1. The van der Waals surface area contributed by atoms with Crippen molar-refractivity contribution < 1.29 is 9.59 Å². The van der Waals surface area contributed by atoms with Crippen LogP contribution in [0.4, 0.5) is 0 Å². The molecule has 0 saturated heterocycles. The maximum absolute atomic E-state index is 12.7. The van der Waals surface area contributed by atoms with Crippen LogP contribution >= 0.6 is 11.6 Å². The summed E-state index contributed by atoms with van der Waals surface area (Å²) < 4.78 is 0. The number of hydrogen-bond acceptors (Lipinski definition) is 3. The van der Waals surface area contributed by atoms with Crippen LogP contribution in [0.1, 0.15) is 40.4 Å². The van der Waals surface area contributed by atoms with Gasteiger partial charge in [0.1, 0.15) is 0 Å². The number of hydrogen-bond donors (Lipinski definition) is 2. The molecule has 0 aliphatic rings. The minimum absolute atomic E-state index is 0.0862. The smallest absolute Gasteiger partial charge is 0.221 e. The highest BCUT2D eigenvalue weighted by Crippen LogP contribution is 2.25. The minimum Gasteiger partial charge on any atom is -0.345 e. The number of Topliss-reactive ketones (excluding diaryl/α,β-unsaturated/α-hetero) is 1. The van der Waals surface area contributed by atoms with Crippen LogP contribution in [0.2, 0.25) is 5.02 Å². The molecule has 2 N–H and O–H groups in total. The van der Waals surface area contributed by atoms with Crippen LogP contribution in [-0.4, -0.2) is 21.7 Å². The first-order valence-corrected chi connectivity index (χ1v) is 10.0. The van der Waals surface area contributed by atoms with Crippen molar-refractivity contribution in [3.63, 3.8) is 0 Å². The van der Waals surface area contributed by atoms with Gasteiger partial charge in [-0.15, -0.1) is 0 Å². The number of aromatic nitrogens is 2. The second kappa shape index (κ2) is 8.93. The number of nitrogens with one attached hydrogen (secondary N) is 2. The highest BCUT2D eigenvalue weighted by atomic mass is 35.5. The second-order valence-electron chi connectivity index (χ2n) is 7.02. The van der Waals surface area contributed by atoms with Crippen LogP contribution < -0.4 is 5.32 Å². The van der Waals surface area contributed by atoms with Crippen molar-refractivity contribution >= 4 is 34.3 Å². The van der Waals surface area contributed by atoms with Crippen LogP contribution in [0.5, 0.6) is 0 Å². The van der Waals surface area contributed by atoms with Crippen LogP contribution in [0.15, 0.2) is 79.1 Å². The average Bonchev–Trinajstić information content (AvgIpc) is 3.25. The molecule has 4 aromatic rings. The molecular weight excluding hydrogens is 398 g/mol. The summed E-state index contributed by atoms with van der Waals surface area (Å²) >= 11 is 5.87. The first kappa shape index (κ1) is 19.9. The zero-order chi connectivity index (χ0) is 20.9. The largest absolute Gasteiger partial charge is 0.345 e. The van der Waals surface area contributed by atoms with Crippen LogP contribution in [0, 0.1) is 0 Å². The quantitative estimate of drug-likeness (QED) is 0.411. The molecule has 0 bridgehead atoms. The lowest BCUT2D eigenvalue weighted by molar-refractivity contribution is -0.121. The summed E-state index contributed by atoms with van der Waals surface area (Å²) in [4.78, 5) is 32.4. The number of benzene rings is 3. The number of nitrogens with zero attached hydrogens (tertiary/aromatic N) is 1. The summed E-state index contributed by atoms with van der Waals surface area (Å²) in [5.74, 6) is -0.271. The molecule has 0 aliphatic carbocycles. The normalized spacial score (nSPS) is 11.9. The van der Waals surface area contributed by atoms with Crippen LogP contribution in [0.3, 0.4) is 0 Å². The molecule has 0 radical (unpaired) electrons. The number of imidazole rings is 1. The number of aromatic amines is 1. The van der Waals surface area contributed by atoms with E-state index < -0.39 is 0 Å². The second-order valence-corrected chi connectivity index (χ2v) is 7.46. The minimum atomic E-state index is -0.322. The number of carbonyl (C=O) groups excluding carboxylic acids is 2. The Morgan fingerprint density at radius 1 is 0.933 bits per heavy atom. The Hall–Kier alpha value is -3.44. The highest BCUT2D eigenvalue weighted by molar-refractivity contribution is 6.30. The molecule has 30 heavy (non-hydrogen) atoms. The van der Waals surface area contributed by atoms with E-state index in [-0.39, 0.29) is 30.6 Å². The van der Waals surface area contributed by atoms with Gasteiger partial charge in [-0.05, 0) is 47.5 Å². The van der Waals surface area contributed by atoms with E-state index in [4.69, 9.17) is 11.6 Å². The van der Waals surface area contributed by atoms with Gasteiger partial charge in [0.15, 0.2) is 5.78 Å². The van der Waals surface area contributed by atoms with Crippen molar-refractivity contribution in [1.29, 1.82) is 0 Å². The maximum atomic E-state index is 12.7. The molecule has 4 rings (SSSR count). The van der Waals surface area contributed by atoms with Crippen molar-refractivity contribution in [2.24, 2.45) is 0 Å². The van der Waals surface area contributed by atoms with Crippen molar-refractivity contribution in [3.05, 3.63) is 101 Å². The molecule has 1 heterocycles. The van der Waals surface area contributed by atoms with Gasteiger partial charge in [0.2, 0.25) is 5.91 Å². The van der Waals surface area contributed by atoms with E-state index in [1.165, 1.54) is 0 Å². The Kier molecular flexibility index (Phi) is 5.91. The number of ketones is 1. The van der Waals surface area contributed by atoms with Gasteiger partial charge in [0, 0.05) is 23.4 Å². The zero-order valence-corrected chi connectivity index (χ0v) is 16.9. The lowest BCUT2D eigenvalue weighted by Gasteiger charge is -2.20. The fraction of sp³-hybridized carbons (Fsp3) is 0.125. The number of amides is 1. The Morgan fingerprint density at radius 2 is 1.70 bits per heavy atom.